The highest BCUT2D eigenvalue weighted by Gasteiger charge is 2.08. The lowest BCUT2D eigenvalue weighted by Gasteiger charge is -2.09. The minimum absolute atomic E-state index is 0.992. The maximum absolute atomic E-state index is 4.91. The smallest absolute Gasteiger partial charge is 0.0711 e. The minimum atomic E-state index is 0.992. The van der Waals surface area contributed by atoms with E-state index < -0.39 is 0 Å². The average Bonchev–Trinajstić information content (AvgIpc) is 3.06. The van der Waals surface area contributed by atoms with E-state index in [1.807, 2.05) is 11.3 Å². The van der Waals surface area contributed by atoms with Crippen LogP contribution in [0.2, 0.25) is 0 Å². The monoisotopic (exact) mass is 289 g/mol. The summed E-state index contributed by atoms with van der Waals surface area (Å²) in [6.45, 7) is 0. The maximum Gasteiger partial charge on any atom is 0.0711 e. The first-order valence-electron chi connectivity index (χ1n) is 7.20. The number of hydrogen-bond acceptors (Lipinski definition) is 2. The predicted octanol–water partition coefficient (Wildman–Crippen LogP) is 5.23. The van der Waals surface area contributed by atoms with Crippen molar-refractivity contribution in [3.63, 3.8) is 0 Å². The molecule has 2 aromatic heterocycles. The van der Waals surface area contributed by atoms with E-state index in [1.54, 1.807) is 0 Å². The zero-order chi connectivity index (χ0) is 14.1. The third kappa shape index (κ3) is 2.32. The van der Waals surface area contributed by atoms with Crippen molar-refractivity contribution in [1.29, 1.82) is 0 Å². The van der Waals surface area contributed by atoms with Crippen molar-refractivity contribution in [3.8, 4) is 0 Å². The molecule has 0 saturated carbocycles. The number of aromatic nitrogens is 1. The fourth-order valence-electron chi connectivity index (χ4n) is 2.86. The zero-order valence-corrected chi connectivity index (χ0v) is 12.4. The third-order valence-corrected chi connectivity index (χ3v) is 4.81. The lowest BCUT2D eigenvalue weighted by Crippen LogP contribution is -1.96. The molecule has 4 rings (SSSR count). The molecule has 0 aliphatic heterocycles. The second-order valence-electron chi connectivity index (χ2n) is 5.20. The quantitative estimate of drug-likeness (QED) is 0.470. The molecule has 0 fully saturated rings. The number of fused-ring (bicyclic) bond motifs is 3. The van der Waals surface area contributed by atoms with Gasteiger partial charge in [0.2, 0.25) is 0 Å². The van der Waals surface area contributed by atoms with E-state index in [-0.39, 0.29) is 0 Å². The first-order chi connectivity index (χ1) is 10.4. The highest BCUT2D eigenvalue weighted by molar-refractivity contribution is 7.09. The Hall–Kier alpha value is -2.19. The third-order valence-electron chi connectivity index (χ3n) is 3.88. The van der Waals surface area contributed by atoms with E-state index in [4.69, 9.17) is 4.98 Å². The minimum Gasteiger partial charge on any atom is -0.252 e. The summed E-state index contributed by atoms with van der Waals surface area (Å²) in [7, 11) is 0. The number of aryl methyl sites for hydroxylation is 2. The first-order valence-corrected chi connectivity index (χ1v) is 8.08. The number of benzene rings is 2. The summed E-state index contributed by atoms with van der Waals surface area (Å²) in [6.07, 6.45) is 2.05. The number of rotatable bonds is 3. The molecule has 0 aliphatic rings. The van der Waals surface area contributed by atoms with E-state index in [9.17, 15) is 0 Å². The Morgan fingerprint density at radius 1 is 0.714 bits per heavy atom. The summed E-state index contributed by atoms with van der Waals surface area (Å²) in [5.41, 5.74) is 2.30. The summed E-state index contributed by atoms with van der Waals surface area (Å²) in [5, 5.41) is 5.98. The topological polar surface area (TPSA) is 12.9 Å². The van der Waals surface area contributed by atoms with Gasteiger partial charge in [-0.05, 0) is 35.7 Å². The van der Waals surface area contributed by atoms with Gasteiger partial charge in [0.05, 0.1) is 5.52 Å². The van der Waals surface area contributed by atoms with Crippen LogP contribution in [0, 0.1) is 0 Å². The number of nitrogens with zero attached hydrogens (tertiary/aromatic N) is 1. The fraction of sp³-hybridized carbons (Fsp3) is 0.105. The molecule has 0 unspecified atom stereocenters. The van der Waals surface area contributed by atoms with E-state index in [0.717, 1.165) is 18.4 Å². The van der Waals surface area contributed by atoms with Gasteiger partial charge in [-0.2, -0.15) is 0 Å². The van der Waals surface area contributed by atoms with Crippen LogP contribution in [0.15, 0.2) is 66.0 Å². The Bertz CT molecular complexity index is 894. The van der Waals surface area contributed by atoms with Crippen molar-refractivity contribution in [1.82, 2.24) is 4.98 Å². The summed E-state index contributed by atoms with van der Waals surface area (Å²) >= 11 is 1.82. The van der Waals surface area contributed by atoms with Crippen LogP contribution >= 0.6 is 11.3 Å². The highest BCUT2D eigenvalue weighted by atomic mass is 32.1. The van der Waals surface area contributed by atoms with E-state index in [1.165, 1.54) is 26.7 Å². The Kier molecular flexibility index (Phi) is 3.17. The Labute approximate surface area is 127 Å². The Morgan fingerprint density at radius 3 is 2.29 bits per heavy atom. The molecule has 2 heterocycles. The molecule has 2 aromatic carbocycles. The molecule has 0 bridgehead atoms. The molecular weight excluding hydrogens is 274 g/mol. The second-order valence-corrected chi connectivity index (χ2v) is 6.23. The van der Waals surface area contributed by atoms with Crippen LogP contribution in [0.25, 0.3) is 21.7 Å². The summed E-state index contributed by atoms with van der Waals surface area (Å²) in [5.74, 6) is 0. The lowest BCUT2D eigenvalue weighted by molar-refractivity contribution is 0.951. The lowest BCUT2D eigenvalue weighted by atomic mass is 10.0. The largest absolute Gasteiger partial charge is 0.252 e. The van der Waals surface area contributed by atoms with Crippen molar-refractivity contribution in [3.05, 3.63) is 76.6 Å². The maximum atomic E-state index is 4.91. The molecule has 0 aliphatic carbocycles. The average molecular weight is 289 g/mol. The zero-order valence-electron chi connectivity index (χ0n) is 11.6. The number of pyridine rings is 1. The molecule has 102 valence electrons. The van der Waals surface area contributed by atoms with Crippen LogP contribution in [-0.4, -0.2) is 4.98 Å². The molecule has 0 amide bonds. The second kappa shape index (κ2) is 5.30. The van der Waals surface area contributed by atoms with Gasteiger partial charge >= 0.3 is 0 Å². The first kappa shape index (κ1) is 12.5. The van der Waals surface area contributed by atoms with Gasteiger partial charge < -0.3 is 0 Å². The Balaban J connectivity index is 1.86. The van der Waals surface area contributed by atoms with Gasteiger partial charge in [-0.25, -0.2) is 0 Å². The van der Waals surface area contributed by atoms with Crippen LogP contribution in [0.3, 0.4) is 0 Å². The fourth-order valence-corrected chi connectivity index (χ4v) is 3.57. The molecule has 1 nitrogen and oxygen atoms in total. The molecule has 0 saturated heterocycles. The van der Waals surface area contributed by atoms with Gasteiger partial charge in [0, 0.05) is 21.3 Å². The van der Waals surface area contributed by atoms with Gasteiger partial charge in [-0.1, -0.05) is 48.5 Å². The molecule has 0 radical (unpaired) electrons. The normalized spacial score (nSPS) is 11.2. The van der Waals surface area contributed by atoms with Gasteiger partial charge in [0.1, 0.15) is 0 Å². The van der Waals surface area contributed by atoms with E-state index in [0.29, 0.717) is 0 Å². The summed E-state index contributed by atoms with van der Waals surface area (Å²) in [6, 6.07) is 21.3. The van der Waals surface area contributed by atoms with Crippen molar-refractivity contribution < 1.29 is 0 Å². The van der Waals surface area contributed by atoms with Gasteiger partial charge in [-0.15, -0.1) is 11.3 Å². The molecule has 0 spiro atoms. The van der Waals surface area contributed by atoms with Crippen LogP contribution in [0.5, 0.6) is 0 Å². The van der Waals surface area contributed by atoms with Crippen molar-refractivity contribution in [2.24, 2.45) is 0 Å². The van der Waals surface area contributed by atoms with Crippen LogP contribution < -0.4 is 0 Å². The summed E-state index contributed by atoms with van der Waals surface area (Å²) in [4.78, 5) is 6.33. The van der Waals surface area contributed by atoms with Crippen molar-refractivity contribution >= 4 is 33.0 Å². The van der Waals surface area contributed by atoms with Crippen molar-refractivity contribution in [2.45, 2.75) is 12.8 Å². The number of para-hydroxylation sites is 1. The van der Waals surface area contributed by atoms with Gasteiger partial charge in [0.25, 0.3) is 0 Å². The van der Waals surface area contributed by atoms with E-state index >= 15 is 0 Å². The van der Waals surface area contributed by atoms with Crippen LogP contribution in [0.1, 0.15) is 10.6 Å². The SMILES string of the molecule is c1csc(CCc2nc3ccccc3c3ccccc23)c1. The van der Waals surface area contributed by atoms with Crippen LogP contribution in [-0.2, 0) is 12.8 Å². The number of hydrogen-bond donors (Lipinski definition) is 0. The number of thiophene rings is 1. The molecule has 0 N–H and O–H groups in total. The van der Waals surface area contributed by atoms with E-state index in [2.05, 4.69) is 66.0 Å². The van der Waals surface area contributed by atoms with Gasteiger partial charge in [0.15, 0.2) is 0 Å². The molecule has 4 aromatic rings. The standard InChI is InChI=1S/C19H15NS/c1-2-8-17-15(7-1)16-9-3-4-10-18(16)20-19(17)12-11-14-6-5-13-21-14/h1-10,13H,11-12H2. The predicted molar refractivity (Wildman–Crippen MR) is 91.0 cm³/mol. The Morgan fingerprint density at radius 2 is 1.48 bits per heavy atom. The van der Waals surface area contributed by atoms with Crippen molar-refractivity contribution in [2.75, 3.05) is 0 Å². The molecule has 21 heavy (non-hydrogen) atoms. The van der Waals surface area contributed by atoms with Gasteiger partial charge in [-0.3, -0.25) is 4.98 Å². The molecule has 0 atom stereocenters. The van der Waals surface area contributed by atoms with Crippen LogP contribution in [0.4, 0.5) is 0 Å². The molecule has 2 heteroatoms. The summed E-state index contributed by atoms with van der Waals surface area (Å²) < 4.78 is 0. The molecular formula is C19H15NS. The highest BCUT2D eigenvalue weighted by Crippen LogP contribution is 2.27.